The SMILES string of the molecule is CN(CC[C@@H]1CCCCO1)Cc1cnc(NCc2ccccc2)nc1. The zero-order chi connectivity index (χ0) is 17.3. The largest absolute Gasteiger partial charge is 0.378 e. The van der Waals surface area contributed by atoms with Gasteiger partial charge in [0.1, 0.15) is 0 Å². The lowest BCUT2D eigenvalue weighted by Gasteiger charge is -2.25. The molecule has 0 bridgehead atoms. The fourth-order valence-electron chi connectivity index (χ4n) is 3.09. The fourth-order valence-corrected chi connectivity index (χ4v) is 3.09. The Morgan fingerprint density at radius 2 is 1.92 bits per heavy atom. The molecule has 25 heavy (non-hydrogen) atoms. The average molecular weight is 340 g/mol. The molecule has 0 unspecified atom stereocenters. The lowest BCUT2D eigenvalue weighted by Crippen LogP contribution is -2.26. The van der Waals surface area contributed by atoms with Crippen molar-refractivity contribution < 1.29 is 4.74 Å². The zero-order valence-corrected chi connectivity index (χ0v) is 15.0. The highest BCUT2D eigenvalue weighted by Gasteiger charge is 2.14. The van der Waals surface area contributed by atoms with Crippen molar-refractivity contribution in [2.24, 2.45) is 0 Å². The van der Waals surface area contributed by atoms with Gasteiger partial charge in [-0.25, -0.2) is 9.97 Å². The van der Waals surface area contributed by atoms with Crippen LogP contribution in [-0.2, 0) is 17.8 Å². The van der Waals surface area contributed by atoms with E-state index in [0.29, 0.717) is 12.1 Å². The third kappa shape index (κ3) is 6.11. The molecule has 0 saturated carbocycles. The van der Waals surface area contributed by atoms with E-state index in [9.17, 15) is 0 Å². The maximum Gasteiger partial charge on any atom is 0.222 e. The van der Waals surface area contributed by atoms with Crippen LogP contribution < -0.4 is 5.32 Å². The molecule has 1 aromatic carbocycles. The second kappa shape index (κ2) is 9.49. The van der Waals surface area contributed by atoms with Gasteiger partial charge in [0.2, 0.25) is 5.95 Å². The topological polar surface area (TPSA) is 50.3 Å². The number of ether oxygens (including phenoxy) is 1. The first-order valence-electron chi connectivity index (χ1n) is 9.18. The van der Waals surface area contributed by atoms with Crippen LogP contribution >= 0.6 is 0 Å². The van der Waals surface area contributed by atoms with Crippen LogP contribution in [0, 0.1) is 0 Å². The summed E-state index contributed by atoms with van der Waals surface area (Å²) in [7, 11) is 2.14. The predicted molar refractivity (Wildman–Crippen MR) is 100 cm³/mol. The van der Waals surface area contributed by atoms with E-state index in [0.717, 1.165) is 38.2 Å². The first-order valence-corrected chi connectivity index (χ1v) is 9.18. The van der Waals surface area contributed by atoms with Crippen LogP contribution in [0.25, 0.3) is 0 Å². The van der Waals surface area contributed by atoms with Gasteiger partial charge in [-0.2, -0.15) is 0 Å². The highest BCUT2D eigenvalue weighted by Crippen LogP contribution is 2.16. The van der Waals surface area contributed by atoms with Crippen LogP contribution in [0.3, 0.4) is 0 Å². The second-order valence-electron chi connectivity index (χ2n) is 6.77. The normalized spacial score (nSPS) is 17.6. The number of rotatable bonds is 8. The molecular weight excluding hydrogens is 312 g/mol. The number of hydrogen-bond acceptors (Lipinski definition) is 5. The van der Waals surface area contributed by atoms with E-state index in [4.69, 9.17) is 4.74 Å². The fraction of sp³-hybridized carbons (Fsp3) is 0.500. The van der Waals surface area contributed by atoms with Gasteiger partial charge in [-0.05, 0) is 38.3 Å². The predicted octanol–water partition coefficient (Wildman–Crippen LogP) is 3.48. The molecule has 0 radical (unpaired) electrons. The summed E-state index contributed by atoms with van der Waals surface area (Å²) in [5.74, 6) is 0.672. The molecule has 1 atom stereocenters. The summed E-state index contributed by atoms with van der Waals surface area (Å²) in [5, 5.41) is 3.26. The highest BCUT2D eigenvalue weighted by atomic mass is 16.5. The Balaban J connectivity index is 1.40. The summed E-state index contributed by atoms with van der Waals surface area (Å²) < 4.78 is 5.80. The molecule has 1 aliphatic rings. The van der Waals surface area contributed by atoms with Crippen molar-refractivity contribution in [1.29, 1.82) is 0 Å². The Morgan fingerprint density at radius 3 is 2.64 bits per heavy atom. The van der Waals surface area contributed by atoms with Crippen molar-refractivity contribution in [3.63, 3.8) is 0 Å². The van der Waals surface area contributed by atoms with Crippen molar-refractivity contribution in [1.82, 2.24) is 14.9 Å². The summed E-state index contributed by atoms with van der Waals surface area (Å²) >= 11 is 0. The molecule has 1 aliphatic heterocycles. The summed E-state index contributed by atoms with van der Waals surface area (Å²) in [6.07, 6.45) is 9.10. The molecule has 0 amide bonds. The molecule has 1 N–H and O–H groups in total. The smallest absolute Gasteiger partial charge is 0.222 e. The standard InChI is InChI=1S/C20H28N4O/c1-24(11-10-19-9-5-6-12-25-19)16-18-14-22-20(23-15-18)21-13-17-7-3-2-4-8-17/h2-4,7-8,14-15,19H,5-6,9-13,16H2,1H3,(H,21,22,23)/t19-/m0/s1. The average Bonchev–Trinajstić information content (AvgIpc) is 2.67. The molecule has 0 aliphatic carbocycles. The Labute approximate surface area is 150 Å². The Kier molecular flexibility index (Phi) is 6.77. The van der Waals surface area contributed by atoms with Crippen molar-refractivity contribution in [2.75, 3.05) is 25.5 Å². The molecule has 2 aromatic rings. The van der Waals surface area contributed by atoms with Gasteiger partial charge in [0.25, 0.3) is 0 Å². The van der Waals surface area contributed by atoms with E-state index in [1.807, 2.05) is 30.6 Å². The van der Waals surface area contributed by atoms with E-state index in [2.05, 4.69) is 39.4 Å². The van der Waals surface area contributed by atoms with Crippen LogP contribution in [0.2, 0.25) is 0 Å². The lowest BCUT2D eigenvalue weighted by molar-refractivity contribution is 0.00640. The van der Waals surface area contributed by atoms with Crippen LogP contribution in [0.1, 0.15) is 36.8 Å². The summed E-state index contributed by atoms with van der Waals surface area (Å²) in [4.78, 5) is 11.2. The second-order valence-corrected chi connectivity index (χ2v) is 6.77. The van der Waals surface area contributed by atoms with Gasteiger partial charge in [-0.15, -0.1) is 0 Å². The van der Waals surface area contributed by atoms with E-state index >= 15 is 0 Å². The number of nitrogens with zero attached hydrogens (tertiary/aromatic N) is 3. The summed E-state index contributed by atoms with van der Waals surface area (Å²) in [5.41, 5.74) is 2.36. The summed E-state index contributed by atoms with van der Waals surface area (Å²) in [6.45, 7) is 3.57. The first kappa shape index (κ1) is 17.8. The Morgan fingerprint density at radius 1 is 1.12 bits per heavy atom. The molecular formula is C20H28N4O. The van der Waals surface area contributed by atoms with Gasteiger partial charge < -0.3 is 15.0 Å². The number of nitrogens with one attached hydrogen (secondary N) is 1. The molecule has 5 heteroatoms. The molecule has 5 nitrogen and oxygen atoms in total. The van der Waals surface area contributed by atoms with E-state index < -0.39 is 0 Å². The molecule has 1 saturated heterocycles. The Bertz CT molecular complexity index is 611. The maximum absolute atomic E-state index is 5.80. The lowest BCUT2D eigenvalue weighted by atomic mass is 10.1. The third-order valence-electron chi connectivity index (χ3n) is 4.56. The van der Waals surface area contributed by atoms with Gasteiger partial charge in [-0.1, -0.05) is 30.3 Å². The van der Waals surface area contributed by atoms with Gasteiger partial charge in [0.05, 0.1) is 6.10 Å². The molecule has 1 fully saturated rings. The molecule has 134 valence electrons. The minimum absolute atomic E-state index is 0.442. The van der Waals surface area contributed by atoms with Gasteiger partial charge in [-0.3, -0.25) is 0 Å². The number of aromatic nitrogens is 2. The Hall–Kier alpha value is -1.98. The minimum atomic E-state index is 0.442. The van der Waals surface area contributed by atoms with Crippen molar-refractivity contribution in [2.45, 2.75) is 44.9 Å². The quantitative estimate of drug-likeness (QED) is 0.797. The van der Waals surface area contributed by atoms with Gasteiger partial charge in [0.15, 0.2) is 0 Å². The maximum atomic E-state index is 5.80. The van der Waals surface area contributed by atoms with E-state index in [-0.39, 0.29) is 0 Å². The van der Waals surface area contributed by atoms with Crippen LogP contribution in [0.4, 0.5) is 5.95 Å². The molecule has 3 rings (SSSR count). The minimum Gasteiger partial charge on any atom is -0.378 e. The van der Waals surface area contributed by atoms with Crippen molar-refractivity contribution in [3.05, 3.63) is 53.9 Å². The molecule has 0 spiro atoms. The van der Waals surface area contributed by atoms with Crippen LogP contribution in [0.15, 0.2) is 42.7 Å². The highest BCUT2D eigenvalue weighted by molar-refractivity contribution is 5.27. The third-order valence-corrected chi connectivity index (χ3v) is 4.56. The van der Waals surface area contributed by atoms with E-state index in [1.54, 1.807) is 0 Å². The van der Waals surface area contributed by atoms with Crippen LogP contribution in [-0.4, -0.2) is 41.2 Å². The van der Waals surface area contributed by atoms with E-state index in [1.165, 1.54) is 24.8 Å². The number of benzene rings is 1. The molecule has 2 heterocycles. The number of anilines is 1. The number of hydrogen-bond donors (Lipinski definition) is 1. The first-order chi connectivity index (χ1) is 12.3. The molecule has 1 aromatic heterocycles. The summed E-state index contributed by atoms with van der Waals surface area (Å²) in [6, 6.07) is 10.3. The van der Waals surface area contributed by atoms with Crippen molar-refractivity contribution in [3.8, 4) is 0 Å². The monoisotopic (exact) mass is 340 g/mol. The van der Waals surface area contributed by atoms with Gasteiger partial charge >= 0.3 is 0 Å². The zero-order valence-electron chi connectivity index (χ0n) is 15.0. The van der Waals surface area contributed by atoms with Crippen molar-refractivity contribution >= 4 is 5.95 Å². The van der Waals surface area contributed by atoms with Gasteiger partial charge in [0, 0.05) is 44.2 Å². The van der Waals surface area contributed by atoms with Crippen LogP contribution in [0.5, 0.6) is 0 Å².